The van der Waals surface area contributed by atoms with Crippen molar-refractivity contribution in [3.8, 4) is 0 Å². The molecular formula is C17H24N2O8S. The van der Waals surface area contributed by atoms with Gasteiger partial charge in [-0.3, -0.25) is 9.48 Å². The Balaban J connectivity index is 4.03. The highest BCUT2D eigenvalue weighted by Crippen LogP contribution is 2.51. The fourth-order valence-corrected chi connectivity index (χ4v) is 4.02. The monoisotopic (exact) mass is 416 g/mol. The number of nitrogens with zero attached hydrogens (tertiary/aromatic N) is 2. The maximum atomic E-state index is 13.1. The molecule has 1 aliphatic heterocycles. The first kappa shape index (κ1) is 23.5. The number of rotatable bonds is 5. The van der Waals surface area contributed by atoms with E-state index in [1.165, 1.54) is 0 Å². The third-order valence-corrected chi connectivity index (χ3v) is 5.25. The van der Waals surface area contributed by atoms with Gasteiger partial charge in [0, 0.05) is 12.0 Å². The van der Waals surface area contributed by atoms with E-state index in [-0.39, 0.29) is 10.5 Å². The van der Waals surface area contributed by atoms with Gasteiger partial charge in [-0.05, 0) is 0 Å². The second-order valence-corrected chi connectivity index (χ2v) is 7.11. The molecule has 0 fully saturated rings. The molecule has 0 spiro atoms. The van der Waals surface area contributed by atoms with Crippen LogP contribution in [0, 0.1) is 0 Å². The Kier molecular flexibility index (Phi) is 7.65. The Morgan fingerprint density at radius 2 is 1.61 bits per heavy atom. The molecule has 0 bridgehead atoms. The van der Waals surface area contributed by atoms with Gasteiger partial charge in [0.25, 0.3) is 5.84 Å². The van der Waals surface area contributed by atoms with Gasteiger partial charge in [0.05, 0.1) is 55.1 Å². The zero-order valence-corrected chi connectivity index (χ0v) is 17.9. The molecule has 1 atom stereocenters. The first-order valence-corrected chi connectivity index (χ1v) is 8.73. The Labute approximate surface area is 167 Å². The number of hydrogen-bond acceptors (Lipinski definition) is 9. The van der Waals surface area contributed by atoms with Gasteiger partial charge < -0.3 is 24.1 Å². The van der Waals surface area contributed by atoms with Crippen molar-refractivity contribution in [1.82, 2.24) is 4.90 Å². The summed E-state index contributed by atoms with van der Waals surface area (Å²) in [5, 5.41) is 13.1. The van der Waals surface area contributed by atoms with E-state index in [2.05, 4.69) is 4.74 Å². The molecule has 1 rings (SSSR count). The highest BCUT2D eigenvalue weighted by Gasteiger charge is 2.55. The van der Waals surface area contributed by atoms with Gasteiger partial charge in [-0.2, -0.15) is 0 Å². The van der Waals surface area contributed by atoms with Gasteiger partial charge in [-0.1, -0.05) is 17.5 Å². The first-order chi connectivity index (χ1) is 13.0. The number of likely N-dealkylation sites (N-methyl/N-ethyl adjacent to an activating group) is 1. The fraction of sp³-hybridized carbons (Fsp3) is 0.529. The Hall–Kier alpha value is -2.53. The number of amidine groups is 1. The van der Waals surface area contributed by atoms with Crippen LogP contribution in [-0.2, 0) is 33.3 Å². The number of ether oxygens (including phenoxy) is 4. The van der Waals surface area contributed by atoms with E-state index in [9.17, 15) is 19.5 Å². The number of carbonyl (C=O) groups is 3. The van der Waals surface area contributed by atoms with Crippen molar-refractivity contribution in [2.75, 3.05) is 56.6 Å². The van der Waals surface area contributed by atoms with Crippen LogP contribution in [0.4, 0.5) is 0 Å². The summed E-state index contributed by atoms with van der Waals surface area (Å²) in [7, 11) is 11.1. The normalized spacial score (nSPS) is 20.4. The van der Waals surface area contributed by atoms with Crippen LogP contribution < -0.4 is 5.11 Å². The van der Waals surface area contributed by atoms with Crippen LogP contribution in [0.15, 0.2) is 21.8 Å². The van der Waals surface area contributed by atoms with Crippen molar-refractivity contribution in [2.45, 2.75) is 4.93 Å². The summed E-state index contributed by atoms with van der Waals surface area (Å²) >= 11 is 0.586. The molecular weight excluding hydrogens is 392 g/mol. The van der Waals surface area contributed by atoms with Crippen molar-refractivity contribution in [2.24, 2.45) is 0 Å². The molecule has 11 heteroatoms. The zero-order valence-electron chi connectivity index (χ0n) is 17.1. The zero-order chi connectivity index (χ0) is 21.8. The van der Waals surface area contributed by atoms with E-state index in [0.717, 1.165) is 28.4 Å². The molecule has 28 heavy (non-hydrogen) atoms. The molecule has 0 amide bonds. The van der Waals surface area contributed by atoms with Gasteiger partial charge >= 0.3 is 17.9 Å². The molecule has 0 saturated heterocycles. The lowest BCUT2D eigenvalue weighted by molar-refractivity contribution is -0.469. The van der Waals surface area contributed by atoms with Gasteiger partial charge in [0.2, 0.25) is 4.93 Å². The Morgan fingerprint density at radius 3 is 1.96 bits per heavy atom. The Morgan fingerprint density at radius 1 is 1.04 bits per heavy atom. The average molecular weight is 416 g/mol. The molecule has 0 N–H and O–H groups in total. The molecule has 10 nitrogen and oxygen atoms in total. The minimum Gasteiger partial charge on any atom is -0.871 e. The van der Waals surface area contributed by atoms with Crippen LogP contribution in [0.2, 0.25) is 0 Å². The maximum Gasteiger partial charge on any atom is 0.354 e. The SMILES string of the molecule is COC(=O)C1=C([O-])/C(=C(\C(=O)OC)C(N(C)C)=[N+](C)C)SC1(OC)C(=O)OC. The molecule has 0 saturated carbocycles. The van der Waals surface area contributed by atoms with Crippen LogP contribution in [0.1, 0.15) is 0 Å². The van der Waals surface area contributed by atoms with Gasteiger partial charge in [0.1, 0.15) is 0 Å². The molecule has 0 aromatic rings. The fourth-order valence-electron chi connectivity index (χ4n) is 2.74. The van der Waals surface area contributed by atoms with Gasteiger partial charge in [0.15, 0.2) is 5.57 Å². The van der Waals surface area contributed by atoms with Crippen molar-refractivity contribution >= 4 is 35.5 Å². The lowest BCUT2D eigenvalue weighted by atomic mass is 10.1. The highest BCUT2D eigenvalue weighted by molar-refractivity contribution is 8.05. The highest BCUT2D eigenvalue weighted by atomic mass is 32.2. The molecule has 0 radical (unpaired) electrons. The van der Waals surface area contributed by atoms with Crippen LogP contribution in [0.25, 0.3) is 0 Å². The molecule has 1 unspecified atom stereocenters. The average Bonchev–Trinajstić information content (AvgIpc) is 2.96. The minimum absolute atomic E-state index is 0.128. The van der Waals surface area contributed by atoms with Crippen LogP contribution in [0.3, 0.4) is 0 Å². The van der Waals surface area contributed by atoms with Crippen LogP contribution in [-0.4, -0.2) is 94.8 Å². The summed E-state index contributed by atoms with van der Waals surface area (Å²) in [6.45, 7) is 0. The summed E-state index contributed by atoms with van der Waals surface area (Å²) in [6.07, 6.45) is 0. The lowest BCUT2D eigenvalue weighted by Crippen LogP contribution is -2.42. The van der Waals surface area contributed by atoms with Crippen molar-refractivity contribution in [3.05, 3.63) is 21.8 Å². The minimum atomic E-state index is -2.11. The van der Waals surface area contributed by atoms with E-state index in [1.807, 2.05) is 0 Å². The smallest absolute Gasteiger partial charge is 0.354 e. The number of thioether (sulfide) groups is 1. The number of carbonyl (C=O) groups excluding carboxylic acids is 3. The first-order valence-electron chi connectivity index (χ1n) is 7.91. The second kappa shape index (κ2) is 9.11. The molecule has 1 aliphatic rings. The van der Waals surface area contributed by atoms with E-state index in [1.54, 1.807) is 37.7 Å². The van der Waals surface area contributed by atoms with E-state index < -0.39 is 34.2 Å². The standard InChI is InChI=1S/C17H24N2O8S/c1-18(2)13(19(3)4)9(14(21)24-5)12-11(20)10(15(22)25-6)17(27-8,28-12)16(23)26-7/h1-8H3/b12-9+. The van der Waals surface area contributed by atoms with Gasteiger partial charge in [-0.25, -0.2) is 14.4 Å². The summed E-state index contributed by atoms with van der Waals surface area (Å²) in [6, 6.07) is 0. The molecule has 0 aromatic carbocycles. The number of esters is 3. The molecule has 156 valence electrons. The Bertz CT molecular complexity index is 780. The predicted molar refractivity (Wildman–Crippen MR) is 98.2 cm³/mol. The topological polar surface area (TPSA) is 117 Å². The van der Waals surface area contributed by atoms with E-state index >= 15 is 0 Å². The van der Waals surface area contributed by atoms with E-state index in [4.69, 9.17) is 14.2 Å². The summed E-state index contributed by atoms with van der Waals surface area (Å²) in [4.78, 5) is 36.6. The lowest BCUT2D eigenvalue weighted by Gasteiger charge is -2.26. The summed E-state index contributed by atoms with van der Waals surface area (Å²) in [5.74, 6) is -3.45. The molecule has 0 aromatic heterocycles. The number of hydrogen-bond donors (Lipinski definition) is 0. The molecule has 0 aliphatic carbocycles. The summed E-state index contributed by atoms with van der Waals surface area (Å²) < 4.78 is 21.1. The van der Waals surface area contributed by atoms with E-state index in [0.29, 0.717) is 17.6 Å². The van der Waals surface area contributed by atoms with Gasteiger partial charge in [-0.15, -0.1) is 0 Å². The van der Waals surface area contributed by atoms with Crippen molar-refractivity contribution in [3.63, 3.8) is 0 Å². The maximum absolute atomic E-state index is 13.1. The second-order valence-electron chi connectivity index (χ2n) is 5.92. The summed E-state index contributed by atoms with van der Waals surface area (Å²) in [5.41, 5.74) is -0.723. The quantitative estimate of drug-likeness (QED) is 0.134. The number of methoxy groups -OCH3 is 4. The molecule has 1 heterocycles. The van der Waals surface area contributed by atoms with Crippen LogP contribution in [0.5, 0.6) is 0 Å². The third kappa shape index (κ3) is 3.85. The van der Waals surface area contributed by atoms with Crippen molar-refractivity contribution < 1.29 is 43.0 Å². The largest absolute Gasteiger partial charge is 0.871 e. The van der Waals surface area contributed by atoms with Crippen molar-refractivity contribution in [1.29, 1.82) is 0 Å². The predicted octanol–water partition coefficient (Wildman–Crippen LogP) is -1.30. The third-order valence-electron chi connectivity index (χ3n) is 3.83. The van der Waals surface area contributed by atoms with Crippen LogP contribution >= 0.6 is 11.8 Å².